The second-order valence-corrected chi connectivity index (χ2v) is 2.69. The van der Waals surface area contributed by atoms with Crippen molar-refractivity contribution in [1.29, 1.82) is 0 Å². The van der Waals surface area contributed by atoms with E-state index in [1.807, 2.05) is 34.6 Å². The summed E-state index contributed by atoms with van der Waals surface area (Å²) in [5.74, 6) is 4.67. The van der Waals surface area contributed by atoms with Crippen molar-refractivity contribution >= 4 is 0 Å². The molecule has 0 spiro atoms. The molecule has 0 aromatic carbocycles. The van der Waals surface area contributed by atoms with E-state index >= 15 is 0 Å². The normalized spacial score (nSPS) is 8.14. The lowest BCUT2D eigenvalue weighted by Gasteiger charge is -2.00. The Bertz CT molecular complexity index is 68.4. The van der Waals surface area contributed by atoms with E-state index in [2.05, 4.69) is 10.7 Å². The van der Waals surface area contributed by atoms with Gasteiger partial charge in [0.25, 0.3) is 0 Å². The van der Waals surface area contributed by atoms with Gasteiger partial charge in [0.05, 0.1) is 12.2 Å². The molecule has 0 heterocycles. The van der Waals surface area contributed by atoms with Crippen molar-refractivity contribution in [3.05, 3.63) is 0 Å². The first-order valence-electron chi connectivity index (χ1n) is 4.46. The SMILES string of the molecule is C.CC(C)ON.CCOC(C)C.CO. The Morgan fingerprint density at radius 1 is 1.07 bits per heavy atom. The van der Waals surface area contributed by atoms with E-state index in [1.165, 1.54) is 0 Å². The molecular formula is C10H29NO3. The summed E-state index contributed by atoms with van der Waals surface area (Å²) in [7, 11) is 1.00. The molecule has 0 atom stereocenters. The first kappa shape index (κ1) is 23.6. The van der Waals surface area contributed by atoms with E-state index < -0.39 is 0 Å². The maximum absolute atomic E-state index is 7.00. The number of aliphatic hydroxyl groups is 1. The van der Waals surface area contributed by atoms with Gasteiger partial charge in [-0.1, -0.05) is 7.43 Å². The minimum absolute atomic E-state index is 0. The van der Waals surface area contributed by atoms with Crippen LogP contribution in [-0.4, -0.2) is 31.0 Å². The second-order valence-electron chi connectivity index (χ2n) is 2.69. The highest BCUT2D eigenvalue weighted by Gasteiger charge is 1.83. The van der Waals surface area contributed by atoms with Gasteiger partial charge in [0.2, 0.25) is 0 Å². The number of rotatable bonds is 3. The molecule has 0 aromatic heterocycles. The van der Waals surface area contributed by atoms with Gasteiger partial charge in [-0.25, -0.2) is 5.90 Å². The highest BCUT2D eigenvalue weighted by atomic mass is 16.6. The molecule has 0 rings (SSSR count). The van der Waals surface area contributed by atoms with Gasteiger partial charge in [-0.3, -0.25) is 0 Å². The lowest BCUT2D eigenvalue weighted by Crippen LogP contribution is -2.07. The minimum Gasteiger partial charge on any atom is -0.400 e. The topological polar surface area (TPSA) is 64.7 Å². The number of hydrogen-bond donors (Lipinski definition) is 2. The number of hydrogen-bond acceptors (Lipinski definition) is 4. The predicted octanol–water partition coefficient (Wildman–Crippen LogP) is 1.96. The minimum atomic E-state index is 0. The van der Waals surface area contributed by atoms with Crippen LogP contribution in [0, 0.1) is 0 Å². The van der Waals surface area contributed by atoms with E-state index in [0.717, 1.165) is 13.7 Å². The largest absolute Gasteiger partial charge is 0.400 e. The maximum atomic E-state index is 7.00. The Morgan fingerprint density at radius 2 is 1.36 bits per heavy atom. The Morgan fingerprint density at radius 3 is 1.36 bits per heavy atom. The third-order valence-corrected chi connectivity index (χ3v) is 0.772. The van der Waals surface area contributed by atoms with Crippen molar-refractivity contribution in [2.75, 3.05) is 13.7 Å². The van der Waals surface area contributed by atoms with Crippen molar-refractivity contribution in [2.45, 2.75) is 54.3 Å². The average Bonchev–Trinajstić information content (AvgIpc) is 2.09. The Kier molecular flexibility index (Phi) is 38.8. The van der Waals surface area contributed by atoms with Gasteiger partial charge in [-0.05, 0) is 34.6 Å². The molecule has 4 nitrogen and oxygen atoms in total. The van der Waals surface area contributed by atoms with Crippen LogP contribution in [0.1, 0.15) is 42.0 Å². The van der Waals surface area contributed by atoms with E-state index in [1.54, 1.807) is 0 Å². The van der Waals surface area contributed by atoms with Gasteiger partial charge in [0.15, 0.2) is 0 Å². The highest BCUT2D eigenvalue weighted by Crippen LogP contribution is 1.83. The first-order chi connectivity index (χ1) is 6.04. The van der Waals surface area contributed by atoms with Gasteiger partial charge in [-0.2, -0.15) is 0 Å². The van der Waals surface area contributed by atoms with Crippen LogP contribution in [0.3, 0.4) is 0 Å². The Labute approximate surface area is 89.4 Å². The smallest absolute Gasteiger partial charge is 0.0731 e. The summed E-state index contributed by atoms with van der Waals surface area (Å²) in [5.41, 5.74) is 0. The van der Waals surface area contributed by atoms with Crippen LogP contribution >= 0.6 is 0 Å². The van der Waals surface area contributed by atoms with Crippen LogP contribution < -0.4 is 5.90 Å². The summed E-state index contributed by atoms with van der Waals surface area (Å²) in [4.78, 5) is 4.25. The monoisotopic (exact) mass is 211 g/mol. The second kappa shape index (κ2) is 23.0. The number of aliphatic hydroxyl groups excluding tert-OH is 1. The standard InChI is InChI=1S/C5H12O.C3H9NO.CH4O.CH4/c1-4-6-5(2)3;1-3(2)5-4;1-2;/h5H,4H2,1-3H3;3H,4H2,1-2H3;2H,1H3;1H4. The van der Waals surface area contributed by atoms with E-state index in [0.29, 0.717) is 6.10 Å². The molecule has 0 aliphatic heterocycles. The van der Waals surface area contributed by atoms with E-state index in [4.69, 9.17) is 9.84 Å². The molecule has 0 radical (unpaired) electrons. The fourth-order valence-electron chi connectivity index (χ4n) is 0.333. The van der Waals surface area contributed by atoms with Crippen LogP contribution in [0.25, 0.3) is 0 Å². The van der Waals surface area contributed by atoms with Crippen LogP contribution in [0.2, 0.25) is 0 Å². The summed E-state index contributed by atoms with van der Waals surface area (Å²) in [6.07, 6.45) is 0.560. The molecule has 0 amide bonds. The molecule has 0 aliphatic carbocycles. The van der Waals surface area contributed by atoms with Gasteiger partial charge in [0, 0.05) is 13.7 Å². The molecule has 0 unspecified atom stereocenters. The zero-order valence-corrected chi connectivity index (χ0v) is 9.70. The fraction of sp³-hybridized carbons (Fsp3) is 1.00. The number of nitrogens with two attached hydrogens (primary N) is 1. The molecule has 0 fully saturated rings. The van der Waals surface area contributed by atoms with Gasteiger partial charge in [0.1, 0.15) is 0 Å². The van der Waals surface area contributed by atoms with Crippen molar-refractivity contribution in [3.63, 3.8) is 0 Å². The molecule has 3 N–H and O–H groups in total. The summed E-state index contributed by atoms with van der Waals surface area (Å²) >= 11 is 0. The van der Waals surface area contributed by atoms with E-state index in [-0.39, 0.29) is 13.5 Å². The molecule has 14 heavy (non-hydrogen) atoms. The lowest BCUT2D eigenvalue weighted by molar-refractivity contribution is 0.0800. The van der Waals surface area contributed by atoms with Gasteiger partial charge >= 0.3 is 0 Å². The Hall–Kier alpha value is -0.160. The molecule has 0 saturated heterocycles. The molecule has 0 aromatic rings. The van der Waals surface area contributed by atoms with E-state index in [9.17, 15) is 0 Å². The molecule has 0 bridgehead atoms. The van der Waals surface area contributed by atoms with Crippen LogP contribution in [0.5, 0.6) is 0 Å². The summed E-state index contributed by atoms with van der Waals surface area (Å²) in [6, 6.07) is 0. The Balaban J connectivity index is -0.0000000576. The molecule has 0 saturated carbocycles. The van der Waals surface area contributed by atoms with Crippen molar-refractivity contribution in [1.82, 2.24) is 0 Å². The maximum Gasteiger partial charge on any atom is 0.0731 e. The van der Waals surface area contributed by atoms with Crippen molar-refractivity contribution < 1.29 is 14.7 Å². The lowest BCUT2D eigenvalue weighted by atomic mass is 10.5. The molecule has 92 valence electrons. The average molecular weight is 211 g/mol. The van der Waals surface area contributed by atoms with Crippen LogP contribution in [0.4, 0.5) is 0 Å². The molecular weight excluding hydrogens is 182 g/mol. The van der Waals surface area contributed by atoms with Crippen molar-refractivity contribution in [3.8, 4) is 0 Å². The number of ether oxygens (including phenoxy) is 1. The van der Waals surface area contributed by atoms with Crippen LogP contribution in [-0.2, 0) is 9.57 Å². The summed E-state index contributed by atoms with van der Waals surface area (Å²) < 4.78 is 5.04. The highest BCUT2D eigenvalue weighted by molar-refractivity contribution is 4.30. The quantitative estimate of drug-likeness (QED) is 0.700. The fourth-order valence-corrected chi connectivity index (χ4v) is 0.333. The third kappa shape index (κ3) is 59.4. The molecule has 4 heteroatoms. The molecule has 0 aliphatic rings. The third-order valence-electron chi connectivity index (χ3n) is 0.772. The van der Waals surface area contributed by atoms with Gasteiger partial charge < -0.3 is 14.7 Å². The summed E-state index contributed by atoms with van der Waals surface area (Å²) in [6.45, 7) is 10.6. The van der Waals surface area contributed by atoms with Crippen LogP contribution in [0.15, 0.2) is 0 Å². The first-order valence-corrected chi connectivity index (χ1v) is 4.46. The van der Waals surface area contributed by atoms with Crippen molar-refractivity contribution in [2.24, 2.45) is 5.90 Å². The zero-order chi connectivity index (χ0) is 11.3. The van der Waals surface area contributed by atoms with Gasteiger partial charge in [-0.15, -0.1) is 0 Å². The zero-order valence-electron chi connectivity index (χ0n) is 9.70. The summed E-state index contributed by atoms with van der Waals surface area (Å²) in [5, 5.41) is 7.00. The predicted molar refractivity (Wildman–Crippen MR) is 62.0 cm³/mol.